The molecule has 1 radical (unpaired) electrons. The fourth-order valence-corrected chi connectivity index (χ4v) is 3.37. The molecular formula is C7H9FN2NaO5S. The van der Waals surface area contributed by atoms with Gasteiger partial charge in [-0.15, -0.1) is 4.28 Å². The second-order valence-electron chi connectivity index (χ2n) is 4.06. The standard InChI is InChI=1S/C7H9FN2O5S.Na/c8-4-7-2-1-5-3-9(7)6(11)10(5)15-16(12,13)14-7;/h5H,1-4H2;/t5-,7+;/m1./s1. The van der Waals surface area contributed by atoms with Crippen LogP contribution in [0.25, 0.3) is 0 Å². The Morgan fingerprint density at radius 1 is 1.53 bits per heavy atom. The summed E-state index contributed by atoms with van der Waals surface area (Å²) in [6.45, 7) is -0.833. The summed E-state index contributed by atoms with van der Waals surface area (Å²) in [6.07, 6.45) is 0.612. The average Bonchev–Trinajstić information content (AvgIpc) is 2.42. The summed E-state index contributed by atoms with van der Waals surface area (Å²) in [4.78, 5) is 12.8. The number of nitrogens with zero attached hydrogens (tertiary/aromatic N) is 2. The Balaban J connectivity index is 0.00000108. The summed E-state index contributed by atoms with van der Waals surface area (Å²) in [5.41, 5.74) is -1.71. The Morgan fingerprint density at radius 3 is 2.88 bits per heavy atom. The number of urea groups is 1. The van der Waals surface area contributed by atoms with Crippen LogP contribution in [0.1, 0.15) is 12.8 Å². The first kappa shape index (κ1) is 13.5. The van der Waals surface area contributed by atoms with E-state index in [-0.39, 0.29) is 48.6 Å². The maximum absolute atomic E-state index is 13.1. The summed E-state index contributed by atoms with van der Waals surface area (Å²) < 4.78 is 44.9. The van der Waals surface area contributed by atoms with Crippen LogP contribution < -0.4 is 0 Å². The van der Waals surface area contributed by atoms with Crippen molar-refractivity contribution >= 4 is 46.0 Å². The van der Waals surface area contributed by atoms with E-state index in [1.807, 2.05) is 0 Å². The van der Waals surface area contributed by atoms with Gasteiger partial charge in [-0.25, -0.2) is 13.4 Å². The van der Waals surface area contributed by atoms with Crippen LogP contribution in [0.15, 0.2) is 0 Å². The van der Waals surface area contributed by atoms with Crippen LogP contribution in [0.5, 0.6) is 0 Å². The van der Waals surface area contributed by atoms with E-state index < -0.39 is 28.8 Å². The van der Waals surface area contributed by atoms with Gasteiger partial charge in [-0.1, -0.05) is 0 Å². The predicted molar refractivity (Wildman–Crippen MR) is 52.5 cm³/mol. The third kappa shape index (κ3) is 1.80. The molecule has 7 nitrogen and oxygen atoms in total. The molecule has 0 N–H and O–H groups in total. The average molecular weight is 275 g/mol. The van der Waals surface area contributed by atoms with Gasteiger partial charge in [-0.05, 0) is 6.42 Å². The maximum Gasteiger partial charge on any atom is 0.423 e. The van der Waals surface area contributed by atoms with E-state index in [0.717, 1.165) is 9.96 Å². The van der Waals surface area contributed by atoms with Crippen molar-refractivity contribution in [3.63, 3.8) is 0 Å². The van der Waals surface area contributed by atoms with Crippen molar-refractivity contribution in [3.05, 3.63) is 0 Å². The van der Waals surface area contributed by atoms with Gasteiger partial charge < -0.3 is 0 Å². The van der Waals surface area contributed by atoms with Gasteiger partial charge in [0.05, 0.1) is 6.04 Å². The molecule has 0 aromatic carbocycles. The minimum absolute atomic E-state index is 0. The Hall–Kier alpha value is 0.0700. The largest absolute Gasteiger partial charge is 0.423 e. The molecule has 17 heavy (non-hydrogen) atoms. The zero-order valence-corrected chi connectivity index (χ0v) is 11.9. The molecule has 3 fully saturated rings. The van der Waals surface area contributed by atoms with Gasteiger partial charge in [0.15, 0.2) is 5.72 Å². The van der Waals surface area contributed by atoms with Gasteiger partial charge in [-0.2, -0.15) is 13.5 Å². The van der Waals surface area contributed by atoms with E-state index in [9.17, 15) is 17.6 Å². The molecule has 10 heteroatoms. The number of carbonyl (C=O) groups excluding carboxylic acids is 1. The third-order valence-electron chi connectivity index (χ3n) is 3.14. The number of hydroxylamine groups is 2. The van der Waals surface area contributed by atoms with Crippen molar-refractivity contribution in [1.82, 2.24) is 9.96 Å². The van der Waals surface area contributed by atoms with Gasteiger partial charge in [0.2, 0.25) is 0 Å². The van der Waals surface area contributed by atoms with E-state index >= 15 is 0 Å². The fourth-order valence-electron chi connectivity index (χ4n) is 2.36. The SMILES string of the molecule is O=C1N2OS(=O)(=O)O[C@]3(CF)CC[C@@H]2CN13.[Na]. The molecule has 91 valence electrons. The summed E-state index contributed by atoms with van der Waals surface area (Å²) >= 11 is 0. The number of amides is 2. The second kappa shape index (κ2) is 4.04. The number of hydrogen-bond donors (Lipinski definition) is 0. The van der Waals surface area contributed by atoms with Crippen molar-refractivity contribution in [2.45, 2.75) is 24.6 Å². The fraction of sp³-hybridized carbons (Fsp3) is 0.857. The molecule has 3 aliphatic rings. The molecular weight excluding hydrogens is 266 g/mol. The van der Waals surface area contributed by atoms with Crippen molar-refractivity contribution < 1.29 is 26.1 Å². The van der Waals surface area contributed by atoms with Crippen LogP contribution in [0, 0.1) is 0 Å². The molecule has 3 rings (SSSR count). The Labute approximate surface area is 119 Å². The minimum atomic E-state index is -4.36. The van der Waals surface area contributed by atoms with Gasteiger partial charge >= 0.3 is 16.4 Å². The number of piperidine rings is 1. The quantitative estimate of drug-likeness (QED) is 0.596. The number of carbonyl (C=O) groups is 1. The molecule has 2 amide bonds. The Bertz CT molecular complexity index is 459. The van der Waals surface area contributed by atoms with E-state index in [2.05, 4.69) is 8.47 Å². The molecule has 0 aromatic heterocycles. The van der Waals surface area contributed by atoms with E-state index in [4.69, 9.17) is 0 Å². The second-order valence-corrected chi connectivity index (χ2v) is 5.19. The molecule has 0 aliphatic carbocycles. The van der Waals surface area contributed by atoms with Crippen LogP contribution in [0.4, 0.5) is 9.18 Å². The van der Waals surface area contributed by atoms with E-state index in [1.165, 1.54) is 0 Å². The van der Waals surface area contributed by atoms with Crippen LogP contribution in [-0.4, -0.2) is 79.0 Å². The molecule has 2 atom stereocenters. The summed E-state index contributed by atoms with van der Waals surface area (Å²) in [5.74, 6) is 0. The number of fused-ring (bicyclic) bond motifs is 3. The third-order valence-corrected chi connectivity index (χ3v) is 4.00. The smallest absolute Gasteiger partial charge is 0.288 e. The predicted octanol–water partition coefficient (Wildman–Crippen LogP) is -0.622. The summed E-state index contributed by atoms with van der Waals surface area (Å²) in [7, 11) is -4.36. The number of alkyl halides is 1. The Kier molecular flexibility index (Phi) is 3.21. The van der Waals surface area contributed by atoms with E-state index in [1.54, 1.807) is 0 Å². The van der Waals surface area contributed by atoms with Crippen molar-refractivity contribution in [2.24, 2.45) is 0 Å². The van der Waals surface area contributed by atoms with Gasteiger partial charge in [-0.3, -0.25) is 4.90 Å². The van der Waals surface area contributed by atoms with Crippen LogP contribution >= 0.6 is 0 Å². The molecule has 3 heterocycles. The van der Waals surface area contributed by atoms with Crippen molar-refractivity contribution in [3.8, 4) is 0 Å². The van der Waals surface area contributed by atoms with Crippen molar-refractivity contribution in [2.75, 3.05) is 13.2 Å². The summed E-state index contributed by atoms with van der Waals surface area (Å²) in [6, 6.07) is -0.993. The van der Waals surface area contributed by atoms with Gasteiger partial charge in [0, 0.05) is 42.5 Å². The monoisotopic (exact) mass is 275 g/mol. The zero-order chi connectivity index (χ0) is 11.6. The van der Waals surface area contributed by atoms with Crippen molar-refractivity contribution in [1.29, 1.82) is 0 Å². The number of halogens is 1. The molecule has 3 saturated heterocycles. The maximum atomic E-state index is 13.1. The zero-order valence-electron chi connectivity index (χ0n) is 9.13. The van der Waals surface area contributed by atoms with Crippen LogP contribution in [0.3, 0.4) is 0 Å². The molecule has 0 unspecified atom stereocenters. The summed E-state index contributed by atoms with van der Waals surface area (Å²) in [5, 5.41) is 0.764. The first-order valence-electron chi connectivity index (χ1n) is 4.79. The Morgan fingerprint density at radius 2 is 2.24 bits per heavy atom. The normalized spacial score (nSPS) is 37.9. The van der Waals surface area contributed by atoms with E-state index in [0.29, 0.717) is 6.42 Å². The molecule has 0 spiro atoms. The molecule has 3 bridgehead atoms. The van der Waals surface area contributed by atoms with Gasteiger partial charge in [0.25, 0.3) is 0 Å². The topological polar surface area (TPSA) is 76.1 Å². The number of rotatable bonds is 1. The molecule has 0 aromatic rings. The number of hydrogen-bond acceptors (Lipinski definition) is 5. The molecule has 3 aliphatic heterocycles. The minimum Gasteiger partial charge on any atom is -0.288 e. The van der Waals surface area contributed by atoms with Crippen LogP contribution in [-0.2, 0) is 18.9 Å². The van der Waals surface area contributed by atoms with Crippen LogP contribution in [0.2, 0.25) is 0 Å². The van der Waals surface area contributed by atoms with Gasteiger partial charge in [0.1, 0.15) is 6.67 Å². The first-order chi connectivity index (χ1) is 7.47. The molecule has 0 saturated carbocycles. The first-order valence-corrected chi connectivity index (χ1v) is 6.13.